The summed E-state index contributed by atoms with van der Waals surface area (Å²) in [7, 11) is -3.56. The van der Waals surface area contributed by atoms with Gasteiger partial charge in [-0.15, -0.1) is 0 Å². The van der Waals surface area contributed by atoms with Crippen LogP contribution in [0.3, 0.4) is 0 Å². The van der Waals surface area contributed by atoms with Crippen molar-refractivity contribution in [2.24, 2.45) is 0 Å². The quantitative estimate of drug-likeness (QED) is 0.726. The minimum absolute atomic E-state index is 0.00627. The molecule has 1 atom stereocenters. The van der Waals surface area contributed by atoms with Gasteiger partial charge in [0.15, 0.2) is 6.61 Å². The van der Waals surface area contributed by atoms with Gasteiger partial charge < -0.3 is 10.1 Å². The third kappa shape index (κ3) is 5.36. The second-order valence-corrected chi connectivity index (χ2v) is 9.42. The van der Waals surface area contributed by atoms with E-state index in [1.807, 2.05) is 12.1 Å². The van der Waals surface area contributed by atoms with Crippen LogP contribution in [0, 0.1) is 6.92 Å². The average Bonchev–Trinajstić information content (AvgIpc) is 2.66. The van der Waals surface area contributed by atoms with Gasteiger partial charge in [0, 0.05) is 6.04 Å². The highest BCUT2D eigenvalue weighted by Gasteiger charge is 2.22. The summed E-state index contributed by atoms with van der Waals surface area (Å²) < 4.78 is 32.8. The van der Waals surface area contributed by atoms with E-state index in [4.69, 9.17) is 4.74 Å². The smallest absolute Gasteiger partial charge is 0.258 e. The van der Waals surface area contributed by atoms with E-state index in [1.54, 1.807) is 32.9 Å². The predicted molar refractivity (Wildman–Crippen MR) is 112 cm³/mol. The normalized spacial score (nSPS) is 16.3. The van der Waals surface area contributed by atoms with E-state index >= 15 is 0 Å². The molecule has 0 aliphatic heterocycles. The van der Waals surface area contributed by atoms with Gasteiger partial charge in [-0.3, -0.25) is 4.79 Å². The lowest BCUT2D eigenvalue weighted by Gasteiger charge is -2.26. The van der Waals surface area contributed by atoms with Crippen LogP contribution in [-0.2, 0) is 21.2 Å². The highest BCUT2D eigenvalue weighted by Crippen LogP contribution is 2.29. The van der Waals surface area contributed by atoms with Crippen molar-refractivity contribution in [2.75, 3.05) is 6.61 Å². The van der Waals surface area contributed by atoms with E-state index in [9.17, 15) is 13.2 Å². The maximum Gasteiger partial charge on any atom is 0.258 e. The number of hydrogen-bond acceptors (Lipinski definition) is 4. The first-order valence-corrected chi connectivity index (χ1v) is 11.4. The first-order valence-electron chi connectivity index (χ1n) is 9.89. The maximum atomic E-state index is 12.4. The average molecular weight is 417 g/mol. The van der Waals surface area contributed by atoms with Crippen molar-refractivity contribution in [3.63, 3.8) is 0 Å². The number of ether oxygens (including phenoxy) is 1. The van der Waals surface area contributed by atoms with Crippen molar-refractivity contribution in [1.29, 1.82) is 0 Å². The van der Waals surface area contributed by atoms with Crippen molar-refractivity contribution >= 4 is 15.9 Å². The van der Waals surface area contributed by atoms with E-state index in [2.05, 4.69) is 22.2 Å². The molecular formula is C22H28N2O4S. The highest BCUT2D eigenvalue weighted by atomic mass is 32.2. The van der Waals surface area contributed by atoms with Crippen LogP contribution in [0.1, 0.15) is 49.4 Å². The molecule has 0 bridgehead atoms. The largest absolute Gasteiger partial charge is 0.484 e. The Morgan fingerprint density at radius 1 is 1.21 bits per heavy atom. The summed E-state index contributed by atoms with van der Waals surface area (Å²) >= 11 is 0. The van der Waals surface area contributed by atoms with Crippen LogP contribution in [0.25, 0.3) is 0 Å². The van der Waals surface area contributed by atoms with E-state index in [0.717, 1.165) is 19.3 Å². The van der Waals surface area contributed by atoms with Crippen molar-refractivity contribution in [1.82, 2.24) is 10.0 Å². The molecule has 2 N–H and O–H groups in total. The molecule has 0 aromatic heterocycles. The fraction of sp³-hybridized carbons (Fsp3) is 0.409. The summed E-state index contributed by atoms with van der Waals surface area (Å²) in [4.78, 5) is 12.6. The molecule has 6 nitrogen and oxygen atoms in total. The summed E-state index contributed by atoms with van der Waals surface area (Å²) in [6.07, 6.45) is 3.00. The molecule has 1 aliphatic carbocycles. The van der Waals surface area contributed by atoms with Gasteiger partial charge in [-0.05, 0) is 74.9 Å². The summed E-state index contributed by atoms with van der Waals surface area (Å²) in [5, 5.41) is 3.05. The van der Waals surface area contributed by atoms with Crippen LogP contribution >= 0.6 is 0 Å². The molecule has 0 fully saturated rings. The molecule has 29 heavy (non-hydrogen) atoms. The Hall–Kier alpha value is -2.38. The molecule has 0 saturated carbocycles. The van der Waals surface area contributed by atoms with Crippen LogP contribution < -0.4 is 14.8 Å². The molecule has 0 unspecified atom stereocenters. The van der Waals surface area contributed by atoms with E-state index in [0.29, 0.717) is 11.3 Å². The molecule has 0 radical (unpaired) electrons. The number of carbonyl (C=O) groups excluding carboxylic acids is 1. The Labute approximate surface area is 172 Å². The number of sulfonamides is 1. The van der Waals surface area contributed by atoms with Gasteiger partial charge in [0.05, 0.1) is 10.9 Å². The lowest BCUT2D eigenvalue weighted by Crippen LogP contribution is -2.34. The fourth-order valence-electron chi connectivity index (χ4n) is 3.61. The van der Waals surface area contributed by atoms with Crippen molar-refractivity contribution in [3.8, 4) is 5.75 Å². The van der Waals surface area contributed by atoms with Crippen LogP contribution in [-0.4, -0.2) is 27.0 Å². The molecule has 0 saturated heterocycles. The molecule has 1 amide bonds. The van der Waals surface area contributed by atoms with Crippen molar-refractivity contribution in [2.45, 2.75) is 57.0 Å². The number of benzene rings is 2. The minimum atomic E-state index is -3.56. The van der Waals surface area contributed by atoms with Crippen LogP contribution in [0.4, 0.5) is 0 Å². The third-order valence-corrected chi connectivity index (χ3v) is 6.57. The Morgan fingerprint density at radius 2 is 1.97 bits per heavy atom. The van der Waals surface area contributed by atoms with Gasteiger partial charge >= 0.3 is 0 Å². The van der Waals surface area contributed by atoms with E-state index in [-0.39, 0.29) is 29.5 Å². The van der Waals surface area contributed by atoms with Crippen LogP contribution in [0.2, 0.25) is 0 Å². The number of rotatable bonds is 7. The number of hydrogen-bond donors (Lipinski definition) is 2. The van der Waals surface area contributed by atoms with Gasteiger partial charge in [-0.2, -0.15) is 0 Å². The number of carbonyl (C=O) groups is 1. The first-order chi connectivity index (χ1) is 13.8. The van der Waals surface area contributed by atoms with Gasteiger partial charge in [-0.1, -0.05) is 24.3 Å². The van der Waals surface area contributed by atoms with Gasteiger partial charge in [0.1, 0.15) is 5.75 Å². The number of aryl methyl sites for hydroxylation is 2. The monoisotopic (exact) mass is 416 g/mol. The van der Waals surface area contributed by atoms with Crippen LogP contribution in [0.5, 0.6) is 5.75 Å². The molecule has 0 heterocycles. The van der Waals surface area contributed by atoms with Gasteiger partial charge in [0.25, 0.3) is 5.91 Å². The summed E-state index contributed by atoms with van der Waals surface area (Å²) in [5.41, 5.74) is 3.12. The minimum Gasteiger partial charge on any atom is -0.484 e. The second kappa shape index (κ2) is 8.97. The zero-order valence-corrected chi connectivity index (χ0v) is 17.9. The Kier molecular flexibility index (Phi) is 6.59. The third-order valence-electron chi connectivity index (χ3n) is 4.91. The molecule has 2 aromatic carbocycles. The topological polar surface area (TPSA) is 84.5 Å². The summed E-state index contributed by atoms with van der Waals surface area (Å²) in [5.74, 6) is 0.303. The Bertz CT molecular complexity index is 986. The van der Waals surface area contributed by atoms with Crippen molar-refractivity contribution < 1.29 is 17.9 Å². The maximum absolute atomic E-state index is 12.4. The lowest BCUT2D eigenvalue weighted by molar-refractivity contribution is -0.124. The van der Waals surface area contributed by atoms with Crippen molar-refractivity contribution in [3.05, 3.63) is 59.2 Å². The molecule has 1 aliphatic rings. The predicted octanol–water partition coefficient (Wildman–Crippen LogP) is 3.25. The van der Waals surface area contributed by atoms with E-state index in [1.165, 1.54) is 17.2 Å². The molecular weight excluding hydrogens is 388 g/mol. The second-order valence-electron chi connectivity index (χ2n) is 7.70. The lowest BCUT2D eigenvalue weighted by atomic mass is 9.88. The van der Waals surface area contributed by atoms with Gasteiger partial charge in [-0.25, -0.2) is 13.1 Å². The number of nitrogens with one attached hydrogen (secondary N) is 2. The Morgan fingerprint density at radius 3 is 2.69 bits per heavy atom. The first kappa shape index (κ1) is 21.3. The molecule has 156 valence electrons. The standard InChI is InChI=1S/C22H28N2O4S/c1-15(2)24-29(26,27)18-11-12-21(16(3)13-18)28-14-22(25)23-20-10-6-8-17-7-4-5-9-19(17)20/h4-5,7,9,11-13,15,20,24H,6,8,10,14H2,1-3H3,(H,23,25)/t20-/m1/s1. The molecule has 0 spiro atoms. The Balaban J connectivity index is 1.61. The molecule has 3 rings (SSSR count). The number of amides is 1. The highest BCUT2D eigenvalue weighted by molar-refractivity contribution is 7.89. The summed E-state index contributed by atoms with van der Waals surface area (Å²) in [6, 6.07) is 12.6. The molecule has 2 aromatic rings. The SMILES string of the molecule is Cc1cc(S(=O)(=O)NC(C)C)ccc1OCC(=O)N[C@@H]1CCCc2ccccc21. The zero-order chi connectivity index (χ0) is 21.0. The van der Waals surface area contributed by atoms with Crippen LogP contribution in [0.15, 0.2) is 47.4 Å². The number of fused-ring (bicyclic) bond motifs is 1. The van der Waals surface area contributed by atoms with Gasteiger partial charge in [0.2, 0.25) is 10.0 Å². The zero-order valence-electron chi connectivity index (χ0n) is 17.1. The molecule has 7 heteroatoms. The van der Waals surface area contributed by atoms with E-state index < -0.39 is 10.0 Å². The summed E-state index contributed by atoms with van der Waals surface area (Å²) in [6.45, 7) is 5.19. The fourth-order valence-corrected chi connectivity index (χ4v) is 4.95.